The number of ether oxygens (including phenoxy) is 8. The number of nitro groups is 1. The van der Waals surface area contributed by atoms with E-state index < -0.39 is 41.9 Å². The van der Waals surface area contributed by atoms with Crippen LogP contribution in [0.5, 0.6) is 23.0 Å². The quantitative estimate of drug-likeness (QED) is 0.0345. The Labute approximate surface area is 467 Å². The predicted octanol–water partition coefficient (Wildman–Crippen LogP) is 12.4. The highest BCUT2D eigenvalue weighted by Crippen LogP contribution is 2.40. The lowest BCUT2D eigenvalue weighted by Gasteiger charge is -2.42. The van der Waals surface area contributed by atoms with Crippen molar-refractivity contribution < 1.29 is 62.0 Å². The van der Waals surface area contributed by atoms with Gasteiger partial charge in [0.25, 0.3) is 0 Å². The number of nitrogens with zero attached hydrogens (tertiary/aromatic N) is 3. The number of anilines is 1. The van der Waals surface area contributed by atoms with E-state index in [1.807, 2.05) is 120 Å². The van der Waals surface area contributed by atoms with E-state index in [2.05, 4.69) is 13.8 Å². The Morgan fingerprint density at radius 2 is 0.950 bits per heavy atom. The Morgan fingerprint density at radius 1 is 0.537 bits per heavy atom. The number of ketones is 2. The second-order valence-electron chi connectivity index (χ2n) is 20.7. The fourth-order valence-electron chi connectivity index (χ4n) is 9.89. The molecule has 10 atom stereocenters. The summed E-state index contributed by atoms with van der Waals surface area (Å²) in [7, 11) is 0. The second-order valence-corrected chi connectivity index (χ2v) is 20.7. The first-order chi connectivity index (χ1) is 38.3. The Balaban J connectivity index is 0.000000231. The minimum Gasteiger partial charge on any atom is -0.472 e. The number of fused-ring (bicyclic) bond motifs is 2. The minimum atomic E-state index is -0.822. The van der Waals surface area contributed by atoms with Gasteiger partial charge in [-0.1, -0.05) is 126 Å². The maximum Gasteiger partial charge on any atom is 0.412 e. The third kappa shape index (κ3) is 14.4. The van der Waals surface area contributed by atoms with Crippen LogP contribution in [0.3, 0.4) is 0 Å². The molecule has 0 aromatic heterocycles. The molecule has 8 rings (SSSR count). The van der Waals surface area contributed by atoms with Crippen LogP contribution < -0.4 is 24.7 Å². The average Bonchev–Trinajstić information content (AvgIpc) is 3.45. The first-order valence-electron chi connectivity index (χ1n) is 27.1. The molecule has 0 radical (unpaired) electrons. The molecule has 2 saturated heterocycles. The van der Waals surface area contributed by atoms with Crippen LogP contribution in [-0.4, -0.2) is 89.8 Å². The van der Waals surface area contributed by atoms with Gasteiger partial charge < -0.3 is 43.6 Å². The van der Waals surface area contributed by atoms with Crippen molar-refractivity contribution in [3.8, 4) is 23.0 Å². The van der Waals surface area contributed by atoms with Crippen LogP contribution in [0.2, 0.25) is 0 Å². The first kappa shape index (κ1) is 59.7. The first-order valence-corrected chi connectivity index (χ1v) is 27.1. The number of hydrogen-bond acceptors (Lipinski definition) is 15. The molecular weight excluding hydrogens is 1020 g/mol. The van der Waals surface area contributed by atoms with Crippen molar-refractivity contribution >= 4 is 56.7 Å². The van der Waals surface area contributed by atoms with Crippen molar-refractivity contribution in [1.82, 2.24) is 9.80 Å². The van der Waals surface area contributed by atoms with Crippen LogP contribution >= 0.6 is 0 Å². The van der Waals surface area contributed by atoms with E-state index in [1.165, 1.54) is 28.9 Å². The monoisotopic (exact) mass is 1100 g/mol. The third-order valence-corrected chi connectivity index (χ3v) is 15.5. The molecule has 2 fully saturated rings. The lowest BCUT2D eigenvalue weighted by Crippen LogP contribution is -2.49. The standard InChI is InChI=1S/C31H36N2O8.C31H38N2O6/c1-6-32(18-39-27-13-9-11-24-10-7-8-12-25(24)27)31(35)38-17-23-14-15-28(26(16-23)33(36)37)40-30-21(4)19(2)20(3)29(41-30)22(5)34;1-6-33(18-37-27-13-9-11-24-10-7-8-12-25(24)27)31(35)36-17-23-14-15-28(26(32)16-23)38-30-21(4)19(2)20(3)29(39-30)22(5)34/h7-16,19-21,29-30H,6,17-18H2,1-5H3;7-16,19-21,29-30H,6,17-18,32H2,1-5H3/t2*19-,20?,21-,29?,30?/m00/s1. The number of amides is 2. The van der Waals surface area contributed by atoms with E-state index in [-0.39, 0.29) is 85.2 Å². The zero-order valence-electron chi connectivity index (χ0n) is 47.2. The molecule has 6 aromatic rings. The van der Waals surface area contributed by atoms with Crippen molar-refractivity contribution in [2.24, 2.45) is 35.5 Å². The lowest BCUT2D eigenvalue weighted by molar-refractivity contribution is -0.386. The van der Waals surface area contributed by atoms with Gasteiger partial charge in [-0.15, -0.1) is 0 Å². The number of carbonyl (C=O) groups excluding carboxylic acids is 4. The fraction of sp³-hybridized carbons (Fsp3) is 0.419. The largest absolute Gasteiger partial charge is 0.472 e. The van der Waals surface area contributed by atoms with Crippen molar-refractivity contribution in [2.75, 3.05) is 32.3 Å². The van der Waals surface area contributed by atoms with Gasteiger partial charge in [0.1, 0.15) is 42.7 Å². The number of carbonyl (C=O) groups is 4. The van der Waals surface area contributed by atoms with Crippen molar-refractivity contribution in [3.63, 3.8) is 0 Å². The number of Topliss-reactive ketones (excluding diaryl/α,β-unsaturated/α-hetero) is 2. The molecule has 0 spiro atoms. The van der Waals surface area contributed by atoms with E-state index in [0.29, 0.717) is 41.6 Å². The Kier molecular flexibility index (Phi) is 20.4. The summed E-state index contributed by atoms with van der Waals surface area (Å²) >= 11 is 0. The van der Waals surface area contributed by atoms with Crippen LogP contribution in [0.4, 0.5) is 21.0 Å². The molecule has 18 heteroatoms. The van der Waals surface area contributed by atoms with Crippen LogP contribution in [0.15, 0.2) is 121 Å². The highest BCUT2D eigenvalue weighted by molar-refractivity contribution is 5.89. The van der Waals surface area contributed by atoms with Gasteiger partial charge in [0.2, 0.25) is 12.6 Å². The van der Waals surface area contributed by atoms with E-state index in [9.17, 15) is 29.3 Å². The Bertz CT molecular complexity index is 3120. The predicted molar refractivity (Wildman–Crippen MR) is 303 cm³/mol. The van der Waals surface area contributed by atoms with Crippen LogP contribution in [0.1, 0.15) is 80.4 Å². The molecule has 0 bridgehead atoms. The molecular formula is C62H74N4O14. The summed E-state index contributed by atoms with van der Waals surface area (Å²) < 4.78 is 46.8. The molecule has 2 N–H and O–H groups in total. The van der Waals surface area contributed by atoms with E-state index in [4.69, 9.17) is 43.6 Å². The Morgan fingerprint density at radius 3 is 1.38 bits per heavy atom. The number of nitrogens with two attached hydrogens (primary N) is 1. The molecule has 0 saturated carbocycles. The van der Waals surface area contributed by atoms with Gasteiger partial charge in [-0.25, -0.2) is 9.59 Å². The van der Waals surface area contributed by atoms with Gasteiger partial charge in [-0.05, 0) is 104 Å². The number of nitrogen functional groups attached to an aromatic ring is 1. The zero-order valence-corrected chi connectivity index (χ0v) is 47.2. The highest BCUT2D eigenvalue weighted by atomic mass is 16.7. The second kappa shape index (κ2) is 27.3. The summed E-state index contributed by atoms with van der Waals surface area (Å²) in [6, 6.07) is 36.9. The molecule has 2 aliphatic heterocycles. The summed E-state index contributed by atoms with van der Waals surface area (Å²) in [6.45, 7) is 19.5. The van der Waals surface area contributed by atoms with Gasteiger partial charge in [0.05, 0.1) is 10.6 Å². The van der Waals surface area contributed by atoms with Gasteiger partial charge in [0, 0.05) is 41.8 Å². The average molecular weight is 1100 g/mol. The summed E-state index contributed by atoms with van der Waals surface area (Å²) in [5.41, 5.74) is 7.53. The molecule has 2 heterocycles. The maximum absolute atomic E-state index is 12.8. The lowest BCUT2D eigenvalue weighted by atomic mass is 9.78. The van der Waals surface area contributed by atoms with Crippen molar-refractivity contribution in [3.05, 3.63) is 143 Å². The summed E-state index contributed by atoms with van der Waals surface area (Å²) in [5, 5.41) is 15.9. The topological polar surface area (TPSA) is 218 Å². The van der Waals surface area contributed by atoms with Gasteiger partial charge in [0.15, 0.2) is 30.8 Å². The van der Waals surface area contributed by atoms with Crippen LogP contribution in [0, 0.1) is 45.6 Å². The van der Waals surface area contributed by atoms with E-state index in [1.54, 1.807) is 38.1 Å². The van der Waals surface area contributed by atoms with Gasteiger partial charge in [-0.3, -0.25) is 29.5 Å². The number of rotatable bonds is 19. The molecule has 6 aromatic carbocycles. The number of benzene rings is 6. The van der Waals surface area contributed by atoms with E-state index in [0.717, 1.165) is 27.1 Å². The SMILES string of the molecule is CCN(COc1cccc2ccccc12)C(=O)OCc1ccc(OC2OC(C(C)=O)C(C)[C@H](C)[C@@H]2C)c(N)c1.CCN(COc1cccc2ccccc12)C(=O)OCc1ccc(OC2OC(C(C)=O)C(C)[C@H](C)[C@@H]2C)c([N+](=O)[O-])c1. The highest BCUT2D eigenvalue weighted by Gasteiger charge is 2.44. The molecule has 6 unspecified atom stereocenters. The zero-order chi connectivity index (χ0) is 57.8. The summed E-state index contributed by atoms with van der Waals surface area (Å²) in [4.78, 5) is 63.9. The molecule has 18 nitrogen and oxygen atoms in total. The van der Waals surface area contributed by atoms with Gasteiger partial charge in [-0.2, -0.15) is 0 Å². The smallest absolute Gasteiger partial charge is 0.412 e. The minimum absolute atomic E-state index is 0.00507. The van der Waals surface area contributed by atoms with Crippen molar-refractivity contribution in [1.29, 1.82) is 0 Å². The van der Waals surface area contributed by atoms with Crippen LogP contribution in [0.25, 0.3) is 21.5 Å². The molecule has 426 valence electrons. The van der Waals surface area contributed by atoms with Crippen molar-refractivity contribution in [2.45, 2.75) is 107 Å². The molecule has 80 heavy (non-hydrogen) atoms. The fourth-order valence-corrected chi connectivity index (χ4v) is 9.89. The van der Waals surface area contributed by atoms with E-state index >= 15 is 0 Å². The van der Waals surface area contributed by atoms with Gasteiger partial charge >= 0.3 is 17.9 Å². The maximum atomic E-state index is 12.8. The normalized spacial score (nSPS) is 22.4. The summed E-state index contributed by atoms with van der Waals surface area (Å²) in [5.74, 6) is 2.13. The third-order valence-electron chi connectivity index (χ3n) is 15.5. The van der Waals surface area contributed by atoms with Crippen LogP contribution in [-0.2, 0) is 41.8 Å². The number of hydrogen-bond donors (Lipinski definition) is 1. The molecule has 2 amide bonds. The molecule has 2 aliphatic rings. The summed E-state index contributed by atoms with van der Waals surface area (Å²) in [6.07, 6.45) is -3.66. The Hall–Kier alpha value is -7.96. The number of nitro benzene ring substituents is 1. The molecule has 0 aliphatic carbocycles.